The van der Waals surface area contributed by atoms with Crippen molar-refractivity contribution in [1.29, 1.82) is 0 Å². The third-order valence-electron chi connectivity index (χ3n) is 3.66. The molecule has 1 aliphatic rings. The van der Waals surface area contributed by atoms with Crippen LogP contribution in [0.3, 0.4) is 0 Å². The quantitative estimate of drug-likeness (QED) is 0.748. The van der Waals surface area contributed by atoms with E-state index in [1.165, 1.54) is 11.3 Å². The zero-order valence-corrected chi connectivity index (χ0v) is 13.1. The van der Waals surface area contributed by atoms with Crippen LogP contribution in [0, 0.1) is 0 Å². The SMILES string of the molecule is O=C(O)CCCCNC(=O)C1CCCN1C(=O)c1cccs1. The van der Waals surface area contributed by atoms with Gasteiger partial charge in [-0.05, 0) is 37.1 Å². The number of unbranched alkanes of at least 4 members (excludes halogenated alkanes) is 1. The Hall–Kier alpha value is -1.89. The van der Waals surface area contributed by atoms with Crippen LogP contribution in [0.5, 0.6) is 0 Å². The molecule has 1 saturated heterocycles. The molecule has 1 aromatic rings. The molecule has 0 spiro atoms. The van der Waals surface area contributed by atoms with E-state index < -0.39 is 12.0 Å². The van der Waals surface area contributed by atoms with E-state index in [1.807, 2.05) is 11.4 Å². The van der Waals surface area contributed by atoms with Crippen molar-refractivity contribution in [1.82, 2.24) is 10.2 Å². The molecule has 1 unspecified atom stereocenters. The number of carboxylic acid groups (broad SMARTS) is 1. The summed E-state index contributed by atoms with van der Waals surface area (Å²) in [5, 5.41) is 13.2. The predicted molar refractivity (Wildman–Crippen MR) is 82.9 cm³/mol. The Labute approximate surface area is 133 Å². The average Bonchev–Trinajstić information content (AvgIpc) is 3.17. The number of hydrogen-bond donors (Lipinski definition) is 2. The number of carbonyl (C=O) groups is 3. The van der Waals surface area contributed by atoms with Gasteiger partial charge < -0.3 is 15.3 Å². The zero-order chi connectivity index (χ0) is 15.9. The van der Waals surface area contributed by atoms with Crippen molar-refractivity contribution in [2.45, 2.75) is 38.1 Å². The molecule has 2 heterocycles. The zero-order valence-electron chi connectivity index (χ0n) is 12.3. The van der Waals surface area contributed by atoms with Gasteiger partial charge in [-0.2, -0.15) is 0 Å². The lowest BCUT2D eigenvalue weighted by atomic mass is 10.2. The number of carboxylic acids is 1. The molecule has 120 valence electrons. The van der Waals surface area contributed by atoms with E-state index in [1.54, 1.807) is 11.0 Å². The number of nitrogens with zero attached hydrogens (tertiary/aromatic N) is 1. The minimum atomic E-state index is -0.824. The Kier molecular flexibility index (Phi) is 5.94. The molecule has 1 fully saturated rings. The first-order valence-corrected chi connectivity index (χ1v) is 8.31. The van der Waals surface area contributed by atoms with Crippen LogP contribution in [0.1, 0.15) is 41.8 Å². The molecular weight excluding hydrogens is 304 g/mol. The first-order valence-electron chi connectivity index (χ1n) is 7.43. The van der Waals surface area contributed by atoms with Gasteiger partial charge in [-0.1, -0.05) is 6.07 Å². The van der Waals surface area contributed by atoms with Gasteiger partial charge in [0.1, 0.15) is 6.04 Å². The van der Waals surface area contributed by atoms with E-state index in [4.69, 9.17) is 5.11 Å². The van der Waals surface area contributed by atoms with Crippen molar-refractivity contribution >= 4 is 29.1 Å². The van der Waals surface area contributed by atoms with Crippen LogP contribution in [-0.4, -0.2) is 46.9 Å². The van der Waals surface area contributed by atoms with E-state index in [-0.39, 0.29) is 18.2 Å². The first-order chi connectivity index (χ1) is 10.6. The monoisotopic (exact) mass is 324 g/mol. The summed E-state index contributed by atoms with van der Waals surface area (Å²) in [5.41, 5.74) is 0. The van der Waals surface area contributed by atoms with Crippen LogP contribution in [0.4, 0.5) is 0 Å². The number of amides is 2. The fourth-order valence-corrected chi connectivity index (χ4v) is 3.23. The van der Waals surface area contributed by atoms with Crippen molar-refractivity contribution in [2.24, 2.45) is 0 Å². The second kappa shape index (κ2) is 7.93. The van der Waals surface area contributed by atoms with Crippen LogP contribution in [0.25, 0.3) is 0 Å². The standard InChI is InChI=1S/C15H20N2O4S/c18-13(19)7-1-2-8-16-14(20)11-5-3-9-17(11)15(21)12-6-4-10-22-12/h4,6,10-11H,1-3,5,7-9H2,(H,16,20)(H,18,19). The average molecular weight is 324 g/mol. The number of carbonyl (C=O) groups excluding carboxylic acids is 2. The van der Waals surface area contributed by atoms with E-state index in [0.29, 0.717) is 37.2 Å². The van der Waals surface area contributed by atoms with Gasteiger partial charge in [-0.3, -0.25) is 14.4 Å². The fourth-order valence-electron chi connectivity index (χ4n) is 2.55. The van der Waals surface area contributed by atoms with Crippen LogP contribution in [0.2, 0.25) is 0 Å². The number of hydrogen-bond acceptors (Lipinski definition) is 4. The van der Waals surface area contributed by atoms with Crippen molar-refractivity contribution in [2.75, 3.05) is 13.1 Å². The lowest BCUT2D eigenvalue weighted by molar-refractivity contribution is -0.137. The third kappa shape index (κ3) is 4.30. The van der Waals surface area contributed by atoms with Gasteiger partial charge in [-0.25, -0.2) is 0 Å². The second-order valence-corrected chi connectivity index (χ2v) is 6.22. The minimum absolute atomic E-state index is 0.0847. The Bertz CT molecular complexity index is 530. The van der Waals surface area contributed by atoms with Crippen molar-refractivity contribution in [3.05, 3.63) is 22.4 Å². The Morgan fingerprint density at radius 2 is 2.18 bits per heavy atom. The van der Waals surface area contributed by atoms with Gasteiger partial charge >= 0.3 is 5.97 Å². The van der Waals surface area contributed by atoms with Crippen molar-refractivity contribution in [3.8, 4) is 0 Å². The summed E-state index contributed by atoms with van der Waals surface area (Å²) in [7, 11) is 0. The van der Waals surface area contributed by atoms with Crippen LogP contribution < -0.4 is 5.32 Å². The number of thiophene rings is 1. The first kappa shape index (κ1) is 16.5. The van der Waals surface area contributed by atoms with E-state index >= 15 is 0 Å². The molecule has 0 radical (unpaired) electrons. The Balaban J connectivity index is 1.81. The fraction of sp³-hybridized carbons (Fsp3) is 0.533. The predicted octanol–water partition coefficient (Wildman–Crippen LogP) is 1.72. The summed E-state index contributed by atoms with van der Waals surface area (Å²) >= 11 is 1.38. The largest absolute Gasteiger partial charge is 0.481 e. The molecule has 2 amide bonds. The molecule has 2 rings (SSSR count). The highest BCUT2D eigenvalue weighted by Gasteiger charge is 2.34. The summed E-state index contributed by atoms with van der Waals surface area (Å²) in [4.78, 5) is 37.3. The summed E-state index contributed by atoms with van der Waals surface area (Å²) in [6.07, 6.45) is 2.79. The van der Waals surface area contributed by atoms with Crippen LogP contribution >= 0.6 is 11.3 Å². The minimum Gasteiger partial charge on any atom is -0.481 e. The van der Waals surface area contributed by atoms with Crippen LogP contribution in [0.15, 0.2) is 17.5 Å². The Morgan fingerprint density at radius 1 is 1.36 bits per heavy atom. The topological polar surface area (TPSA) is 86.7 Å². The molecular formula is C15H20N2O4S. The maximum Gasteiger partial charge on any atom is 0.303 e. The van der Waals surface area contributed by atoms with E-state index in [9.17, 15) is 14.4 Å². The summed E-state index contributed by atoms with van der Waals surface area (Å²) in [6.45, 7) is 1.05. The molecule has 7 heteroatoms. The third-order valence-corrected chi connectivity index (χ3v) is 4.52. The number of rotatable bonds is 7. The summed E-state index contributed by atoms with van der Waals surface area (Å²) in [6, 6.07) is 3.19. The molecule has 0 aromatic carbocycles. The normalized spacial score (nSPS) is 17.5. The lowest BCUT2D eigenvalue weighted by Crippen LogP contribution is -2.46. The smallest absolute Gasteiger partial charge is 0.303 e. The molecule has 1 atom stereocenters. The van der Waals surface area contributed by atoms with Crippen LogP contribution in [-0.2, 0) is 9.59 Å². The molecule has 0 aliphatic carbocycles. The van der Waals surface area contributed by atoms with Gasteiger partial charge in [0.15, 0.2) is 0 Å². The summed E-state index contributed by atoms with van der Waals surface area (Å²) in [5.74, 6) is -1.05. The van der Waals surface area contributed by atoms with Gasteiger partial charge in [0.2, 0.25) is 5.91 Å². The molecule has 2 N–H and O–H groups in total. The number of likely N-dealkylation sites (tertiary alicyclic amines) is 1. The number of aliphatic carboxylic acids is 1. The highest BCUT2D eigenvalue weighted by atomic mass is 32.1. The van der Waals surface area contributed by atoms with E-state index in [0.717, 1.165) is 6.42 Å². The van der Waals surface area contributed by atoms with Crippen molar-refractivity contribution in [3.63, 3.8) is 0 Å². The lowest BCUT2D eigenvalue weighted by Gasteiger charge is -2.23. The molecule has 1 aromatic heterocycles. The molecule has 0 bridgehead atoms. The highest BCUT2D eigenvalue weighted by Crippen LogP contribution is 2.22. The molecule has 6 nitrogen and oxygen atoms in total. The molecule has 22 heavy (non-hydrogen) atoms. The second-order valence-electron chi connectivity index (χ2n) is 5.28. The van der Waals surface area contributed by atoms with Gasteiger partial charge in [0.25, 0.3) is 5.91 Å². The van der Waals surface area contributed by atoms with Gasteiger partial charge in [-0.15, -0.1) is 11.3 Å². The van der Waals surface area contributed by atoms with Gasteiger partial charge in [0, 0.05) is 19.5 Å². The Morgan fingerprint density at radius 3 is 2.86 bits per heavy atom. The summed E-state index contributed by atoms with van der Waals surface area (Å²) < 4.78 is 0. The van der Waals surface area contributed by atoms with E-state index in [2.05, 4.69) is 5.32 Å². The van der Waals surface area contributed by atoms with Crippen molar-refractivity contribution < 1.29 is 19.5 Å². The molecule has 0 saturated carbocycles. The maximum atomic E-state index is 12.4. The number of nitrogens with one attached hydrogen (secondary N) is 1. The highest BCUT2D eigenvalue weighted by molar-refractivity contribution is 7.12. The maximum absolute atomic E-state index is 12.4. The van der Waals surface area contributed by atoms with Gasteiger partial charge in [0.05, 0.1) is 4.88 Å². The molecule has 1 aliphatic heterocycles.